The molecule has 1 fully saturated rings. The van der Waals surface area contributed by atoms with E-state index in [9.17, 15) is 0 Å². The van der Waals surface area contributed by atoms with E-state index in [4.69, 9.17) is 0 Å². The molecule has 1 aromatic carbocycles. The van der Waals surface area contributed by atoms with Gasteiger partial charge in [0.1, 0.15) is 0 Å². The molecule has 2 heterocycles. The highest BCUT2D eigenvalue weighted by Crippen LogP contribution is 2.20. The average Bonchev–Trinajstić information content (AvgIpc) is 2.79. The summed E-state index contributed by atoms with van der Waals surface area (Å²) in [5.41, 5.74) is 2.19. The van der Waals surface area contributed by atoms with Crippen LogP contribution in [0.25, 0.3) is 0 Å². The number of benzene rings is 1. The number of nitrogens with zero attached hydrogens (tertiary/aromatic N) is 4. The Morgan fingerprint density at radius 2 is 1.81 bits per heavy atom. The molecule has 2 aromatic rings. The monoisotopic (exact) mass is 283 g/mol. The molecule has 0 unspecified atom stereocenters. The first-order chi connectivity index (χ1) is 10.3. The van der Waals surface area contributed by atoms with Crippen molar-refractivity contribution in [2.24, 2.45) is 0 Å². The fraction of sp³-hybridized carbons (Fsp3) is 0.438. The summed E-state index contributed by atoms with van der Waals surface area (Å²) in [6, 6.07) is 8.11. The van der Waals surface area contributed by atoms with Gasteiger partial charge < -0.3 is 10.2 Å². The van der Waals surface area contributed by atoms with Crippen LogP contribution >= 0.6 is 0 Å². The lowest BCUT2D eigenvalue weighted by molar-refractivity contribution is 0.726. The third kappa shape index (κ3) is 3.48. The molecule has 5 nitrogen and oxygen atoms in total. The minimum absolute atomic E-state index is 0.561. The van der Waals surface area contributed by atoms with Crippen LogP contribution in [0.15, 0.2) is 30.5 Å². The molecule has 0 atom stereocenters. The first-order valence-electron chi connectivity index (χ1n) is 7.60. The summed E-state index contributed by atoms with van der Waals surface area (Å²) in [6.07, 6.45) is 6.83. The van der Waals surface area contributed by atoms with Gasteiger partial charge in [-0.25, -0.2) is 0 Å². The van der Waals surface area contributed by atoms with Crippen molar-refractivity contribution in [3.05, 3.63) is 36.0 Å². The van der Waals surface area contributed by atoms with Gasteiger partial charge >= 0.3 is 0 Å². The van der Waals surface area contributed by atoms with E-state index >= 15 is 0 Å². The topological polar surface area (TPSA) is 53.9 Å². The molecule has 5 heteroatoms. The van der Waals surface area contributed by atoms with Crippen LogP contribution in [0.2, 0.25) is 0 Å². The summed E-state index contributed by atoms with van der Waals surface area (Å²) in [4.78, 5) is 6.93. The average molecular weight is 283 g/mol. The van der Waals surface area contributed by atoms with Crippen LogP contribution in [0.3, 0.4) is 0 Å². The molecule has 1 aliphatic heterocycles. The second kappa shape index (κ2) is 6.52. The Bertz CT molecular complexity index is 591. The summed E-state index contributed by atoms with van der Waals surface area (Å²) in [6.45, 7) is 4.18. The van der Waals surface area contributed by atoms with Crippen molar-refractivity contribution >= 4 is 17.5 Å². The Morgan fingerprint density at radius 3 is 2.57 bits per heavy atom. The third-order valence-electron chi connectivity index (χ3n) is 3.87. The largest absolute Gasteiger partial charge is 0.355 e. The Hall–Kier alpha value is -2.17. The van der Waals surface area contributed by atoms with E-state index in [0.717, 1.165) is 24.6 Å². The molecule has 0 saturated carbocycles. The second-order valence-corrected chi connectivity index (χ2v) is 5.48. The molecule has 110 valence electrons. The van der Waals surface area contributed by atoms with E-state index in [1.54, 1.807) is 6.20 Å². The highest BCUT2D eigenvalue weighted by Gasteiger charge is 2.12. The predicted molar refractivity (Wildman–Crippen MR) is 85.0 cm³/mol. The van der Waals surface area contributed by atoms with Gasteiger partial charge in [-0.15, -0.1) is 5.10 Å². The van der Waals surface area contributed by atoms with E-state index in [-0.39, 0.29) is 0 Å². The molecule has 0 radical (unpaired) electrons. The van der Waals surface area contributed by atoms with Gasteiger partial charge in [-0.05, 0) is 31.4 Å². The number of hydrogen-bond donors (Lipinski definition) is 1. The molecule has 0 spiro atoms. The molecule has 1 aromatic heterocycles. The molecule has 0 aliphatic carbocycles. The zero-order chi connectivity index (χ0) is 14.5. The van der Waals surface area contributed by atoms with Gasteiger partial charge in [-0.3, -0.25) is 0 Å². The molecular formula is C16H21N5. The second-order valence-electron chi connectivity index (χ2n) is 5.48. The fourth-order valence-electron chi connectivity index (χ4n) is 2.63. The molecule has 1 saturated heterocycles. The fourth-order valence-corrected chi connectivity index (χ4v) is 2.63. The minimum Gasteiger partial charge on any atom is -0.355 e. The maximum Gasteiger partial charge on any atom is 0.249 e. The number of aryl methyl sites for hydroxylation is 1. The van der Waals surface area contributed by atoms with Gasteiger partial charge in [0.2, 0.25) is 5.95 Å². The summed E-state index contributed by atoms with van der Waals surface area (Å²) in [7, 11) is 0. The normalized spacial score (nSPS) is 15.6. The van der Waals surface area contributed by atoms with Crippen molar-refractivity contribution in [3.63, 3.8) is 0 Å². The Kier molecular flexibility index (Phi) is 4.28. The number of para-hydroxylation sites is 1. The first kappa shape index (κ1) is 13.8. The van der Waals surface area contributed by atoms with E-state index in [2.05, 4.69) is 38.4 Å². The number of hydrogen-bond acceptors (Lipinski definition) is 5. The van der Waals surface area contributed by atoms with Gasteiger partial charge in [-0.1, -0.05) is 31.0 Å². The molecule has 3 rings (SSSR count). The summed E-state index contributed by atoms with van der Waals surface area (Å²) < 4.78 is 0. The quantitative estimate of drug-likeness (QED) is 0.936. The molecule has 0 amide bonds. The molecule has 1 aliphatic rings. The van der Waals surface area contributed by atoms with Crippen LogP contribution in [0.1, 0.15) is 31.2 Å². The Labute approximate surface area is 125 Å². The van der Waals surface area contributed by atoms with Crippen LogP contribution in [0.4, 0.5) is 17.5 Å². The van der Waals surface area contributed by atoms with Crippen molar-refractivity contribution < 1.29 is 0 Å². The van der Waals surface area contributed by atoms with Crippen molar-refractivity contribution in [1.82, 2.24) is 15.2 Å². The number of nitrogens with one attached hydrogen (secondary N) is 1. The van der Waals surface area contributed by atoms with E-state index < -0.39 is 0 Å². The van der Waals surface area contributed by atoms with Crippen molar-refractivity contribution in [2.75, 3.05) is 23.3 Å². The van der Waals surface area contributed by atoms with Crippen LogP contribution in [-0.4, -0.2) is 28.3 Å². The maximum absolute atomic E-state index is 4.62. The van der Waals surface area contributed by atoms with Gasteiger partial charge in [0.25, 0.3) is 0 Å². The third-order valence-corrected chi connectivity index (χ3v) is 3.87. The predicted octanol–water partition coefficient (Wildman–Crippen LogP) is 3.30. The maximum atomic E-state index is 4.62. The zero-order valence-electron chi connectivity index (χ0n) is 12.4. The van der Waals surface area contributed by atoms with E-state index in [0.29, 0.717) is 5.95 Å². The standard InChI is InChI=1S/C16H21N5/c1-13-8-4-5-9-14(13)18-16-19-15(12-17-20-16)21-10-6-2-3-7-11-21/h4-5,8-9,12H,2-3,6-7,10-11H2,1H3,(H,18,19,20). The SMILES string of the molecule is Cc1ccccc1Nc1nncc(N2CCCCCC2)n1. The number of aromatic nitrogens is 3. The minimum atomic E-state index is 0.561. The summed E-state index contributed by atoms with van der Waals surface area (Å²) in [5.74, 6) is 1.48. The van der Waals surface area contributed by atoms with Crippen LogP contribution in [0, 0.1) is 6.92 Å². The zero-order valence-corrected chi connectivity index (χ0v) is 12.4. The van der Waals surface area contributed by atoms with Crippen LogP contribution < -0.4 is 10.2 Å². The van der Waals surface area contributed by atoms with E-state index in [1.165, 1.54) is 31.2 Å². The van der Waals surface area contributed by atoms with Crippen LogP contribution in [0.5, 0.6) is 0 Å². The number of anilines is 3. The smallest absolute Gasteiger partial charge is 0.249 e. The van der Waals surface area contributed by atoms with E-state index in [1.807, 2.05) is 18.2 Å². The van der Waals surface area contributed by atoms with Crippen LogP contribution in [-0.2, 0) is 0 Å². The van der Waals surface area contributed by atoms with Crippen molar-refractivity contribution in [1.29, 1.82) is 0 Å². The summed E-state index contributed by atoms with van der Waals surface area (Å²) >= 11 is 0. The van der Waals surface area contributed by atoms with Gasteiger partial charge in [0.15, 0.2) is 5.82 Å². The lowest BCUT2D eigenvalue weighted by Crippen LogP contribution is -2.25. The highest BCUT2D eigenvalue weighted by atomic mass is 15.3. The lowest BCUT2D eigenvalue weighted by atomic mass is 10.2. The Morgan fingerprint density at radius 1 is 1.05 bits per heavy atom. The molecule has 0 bridgehead atoms. The Balaban J connectivity index is 1.78. The first-order valence-corrected chi connectivity index (χ1v) is 7.60. The number of rotatable bonds is 3. The molecular weight excluding hydrogens is 262 g/mol. The molecule has 21 heavy (non-hydrogen) atoms. The van der Waals surface area contributed by atoms with Crippen molar-refractivity contribution in [3.8, 4) is 0 Å². The summed E-state index contributed by atoms with van der Waals surface area (Å²) in [5, 5.41) is 11.5. The lowest BCUT2D eigenvalue weighted by Gasteiger charge is -2.21. The van der Waals surface area contributed by atoms with Gasteiger partial charge in [0, 0.05) is 18.8 Å². The van der Waals surface area contributed by atoms with Crippen molar-refractivity contribution in [2.45, 2.75) is 32.6 Å². The molecule has 1 N–H and O–H groups in total. The van der Waals surface area contributed by atoms with Gasteiger partial charge in [-0.2, -0.15) is 10.1 Å². The van der Waals surface area contributed by atoms with Gasteiger partial charge in [0.05, 0.1) is 6.20 Å². The highest BCUT2D eigenvalue weighted by molar-refractivity contribution is 5.58.